The van der Waals surface area contributed by atoms with Crippen LogP contribution in [0.4, 0.5) is 0 Å². The number of carbonyl (C=O) groups excluding carboxylic acids is 1. The molecular formula is C17H20N2O2. The van der Waals surface area contributed by atoms with Gasteiger partial charge in [0.2, 0.25) is 0 Å². The minimum Gasteiger partial charge on any atom is -0.483 e. The lowest BCUT2D eigenvalue weighted by molar-refractivity contribution is -0.122. The van der Waals surface area contributed by atoms with E-state index < -0.39 is 0 Å². The molecule has 0 aliphatic carbocycles. The second kappa shape index (κ2) is 7.45. The summed E-state index contributed by atoms with van der Waals surface area (Å²) >= 11 is 0. The molecular weight excluding hydrogens is 264 g/mol. The van der Waals surface area contributed by atoms with E-state index in [-0.39, 0.29) is 12.5 Å². The van der Waals surface area contributed by atoms with E-state index in [1.54, 1.807) is 6.08 Å². The molecule has 0 aliphatic heterocycles. The van der Waals surface area contributed by atoms with Gasteiger partial charge in [-0.15, -0.1) is 6.58 Å². The van der Waals surface area contributed by atoms with Crippen LogP contribution in [0.2, 0.25) is 0 Å². The van der Waals surface area contributed by atoms with Gasteiger partial charge in [0, 0.05) is 12.1 Å². The number of nitrogens with two attached hydrogens (primary N) is 1. The molecule has 0 radical (unpaired) electrons. The molecule has 21 heavy (non-hydrogen) atoms. The van der Waals surface area contributed by atoms with Crippen molar-refractivity contribution in [1.82, 2.24) is 5.32 Å². The molecule has 0 heterocycles. The number of hydrogen-bond acceptors (Lipinski definition) is 3. The van der Waals surface area contributed by atoms with Crippen LogP contribution in [-0.4, -0.2) is 25.6 Å². The van der Waals surface area contributed by atoms with Gasteiger partial charge in [0.15, 0.2) is 6.61 Å². The molecule has 0 saturated carbocycles. The molecule has 0 aromatic heterocycles. The van der Waals surface area contributed by atoms with Gasteiger partial charge in [-0.05, 0) is 29.8 Å². The zero-order valence-electron chi connectivity index (χ0n) is 12.0. The average molecular weight is 284 g/mol. The first-order chi connectivity index (χ1) is 10.3. The highest BCUT2D eigenvalue weighted by atomic mass is 16.5. The van der Waals surface area contributed by atoms with Crippen LogP contribution in [0.1, 0.15) is 5.56 Å². The fourth-order valence-electron chi connectivity index (χ4n) is 2.23. The summed E-state index contributed by atoms with van der Waals surface area (Å²) in [6.45, 7) is 4.52. The molecule has 0 aliphatic rings. The highest BCUT2D eigenvalue weighted by molar-refractivity contribution is 5.88. The van der Waals surface area contributed by atoms with E-state index in [1.165, 1.54) is 0 Å². The van der Waals surface area contributed by atoms with Crippen molar-refractivity contribution in [3.63, 3.8) is 0 Å². The minimum atomic E-state index is -0.165. The van der Waals surface area contributed by atoms with Crippen molar-refractivity contribution in [2.75, 3.05) is 19.7 Å². The van der Waals surface area contributed by atoms with E-state index in [2.05, 4.69) is 18.0 Å². The van der Waals surface area contributed by atoms with Gasteiger partial charge in [0.25, 0.3) is 5.91 Å². The lowest BCUT2D eigenvalue weighted by atomic mass is 10.0. The van der Waals surface area contributed by atoms with Crippen LogP contribution in [0.25, 0.3) is 10.8 Å². The normalized spacial score (nSPS) is 10.3. The predicted molar refractivity (Wildman–Crippen MR) is 85.4 cm³/mol. The number of rotatable bonds is 7. The fourth-order valence-corrected chi connectivity index (χ4v) is 2.23. The first-order valence-corrected chi connectivity index (χ1v) is 6.97. The molecule has 1 amide bonds. The summed E-state index contributed by atoms with van der Waals surface area (Å²) in [5.41, 5.74) is 6.74. The Morgan fingerprint density at radius 3 is 2.86 bits per heavy atom. The molecule has 0 unspecified atom stereocenters. The number of ether oxygens (including phenoxy) is 1. The number of carbonyl (C=O) groups is 1. The van der Waals surface area contributed by atoms with E-state index in [1.807, 2.05) is 30.3 Å². The molecule has 3 N–H and O–H groups in total. The van der Waals surface area contributed by atoms with E-state index in [4.69, 9.17) is 10.5 Å². The summed E-state index contributed by atoms with van der Waals surface area (Å²) in [6.07, 6.45) is 2.35. The van der Waals surface area contributed by atoms with Crippen LogP contribution >= 0.6 is 0 Å². The highest BCUT2D eigenvalue weighted by Crippen LogP contribution is 2.28. The zero-order valence-corrected chi connectivity index (χ0v) is 12.0. The van der Waals surface area contributed by atoms with Crippen molar-refractivity contribution >= 4 is 16.7 Å². The van der Waals surface area contributed by atoms with E-state index in [0.29, 0.717) is 25.3 Å². The maximum absolute atomic E-state index is 11.6. The summed E-state index contributed by atoms with van der Waals surface area (Å²) in [4.78, 5) is 11.6. The lowest BCUT2D eigenvalue weighted by Gasteiger charge is -2.13. The topological polar surface area (TPSA) is 64.3 Å². The van der Waals surface area contributed by atoms with Crippen LogP contribution in [-0.2, 0) is 11.2 Å². The Morgan fingerprint density at radius 1 is 1.29 bits per heavy atom. The maximum atomic E-state index is 11.6. The Labute approximate surface area is 124 Å². The van der Waals surface area contributed by atoms with Gasteiger partial charge in [0.1, 0.15) is 5.75 Å². The number of amides is 1. The molecule has 0 bridgehead atoms. The fraction of sp³-hybridized carbons (Fsp3) is 0.235. The Hall–Kier alpha value is -2.33. The largest absolute Gasteiger partial charge is 0.483 e. The highest BCUT2D eigenvalue weighted by Gasteiger charge is 2.09. The molecule has 4 nitrogen and oxygen atoms in total. The van der Waals surface area contributed by atoms with Gasteiger partial charge in [0.05, 0.1) is 0 Å². The number of nitrogens with one attached hydrogen (secondary N) is 1. The van der Waals surface area contributed by atoms with E-state index >= 15 is 0 Å². The first-order valence-electron chi connectivity index (χ1n) is 6.97. The van der Waals surface area contributed by atoms with Crippen LogP contribution in [0.15, 0.2) is 49.1 Å². The van der Waals surface area contributed by atoms with Crippen molar-refractivity contribution in [3.8, 4) is 5.75 Å². The van der Waals surface area contributed by atoms with Gasteiger partial charge in [-0.2, -0.15) is 0 Å². The van der Waals surface area contributed by atoms with Crippen LogP contribution in [0.3, 0.4) is 0 Å². The third-order valence-corrected chi connectivity index (χ3v) is 3.19. The monoisotopic (exact) mass is 284 g/mol. The molecule has 110 valence electrons. The summed E-state index contributed by atoms with van der Waals surface area (Å²) < 4.78 is 5.65. The average Bonchev–Trinajstić information content (AvgIpc) is 2.52. The summed E-state index contributed by atoms with van der Waals surface area (Å²) in [5.74, 6) is 0.551. The third kappa shape index (κ3) is 3.83. The van der Waals surface area contributed by atoms with E-state index in [0.717, 1.165) is 16.3 Å². The number of benzene rings is 2. The molecule has 0 spiro atoms. The van der Waals surface area contributed by atoms with Crippen LogP contribution in [0.5, 0.6) is 5.75 Å². The van der Waals surface area contributed by atoms with Crippen LogP contribution < -0.4 is 15.8 Å². The molecule has 0 fully saturated rings. The summed E-state index contributed by atoms with van der Waals surface area (Å²) in [5, 5.41) is 4.95. The Morgan fingerprint density at radius 2 is 2.10 bits per heavy atom. The standard InChI is InChI=1S/C17H20N2O2/c1-2-11-19-17(20)12-21-16-8-7-13-5-3-4-6-14(13)15(16)9-10-18/h2-8H,1,9-12,18H2,(H,19,20). The maximum Gasteiger partial charge on any atom is 0.258 e. The number of fused-ring (bicyclic) bond motifs is 1. The van der Waals surface area contributed by atoms with Gasteiger partial charge < -0.3 is 15.8 Å². The number of hydrogen-bond donors (Lipinski definition) is 2. The van der Waals surface area contributed by atoms with Crippen molar-refractivity contribution in [2.24, 2.45) is 5.73 Å². The molecule has 2 rings (SSSR count). The minimum absolute atomic E-state index is 0.0102. The lowest BCUT2D eigenvalue weighted by Crippen LogP contribution is -2.29. The quantitative estimate of drug-likeness (QED) is 0.765. The smallest absolute Gasteiger partial charge is 0.258 e. The SMILES string of the molecule is C=CCNC(=O)COc1ccc2ccccc2c1CCN. The van der Waals surface area contributed by atoms with Gasteiger partial charge in [-0.3, -0.25) is 4.79 Å². The summed E-state index contributed by atoms with van der Waals surface area (Å²) in [7, 11) is 0. The van der Waals surface area contributed by atoms with Gasteiger partial charge in [-0.25, -0.2) is 0 Å². The van der Waals surface area contributed by atoms with Crippen molar-refractivity contribution < 1.29 is 9.53 Å². The first kappa shape index (κ1) is 15.1. The third-order valence-electron chi connectivity index (χ3n) is 3.19. The second-order valence-corrected chi connectivity index (χ2v) is 4.68. The summed E-state index contributed by atoms with van der Waals surface area (Å²) in [6, 6.07) is 12.0. The molecule has 0 atom stereocenters. The molecule has 2 aromatic carbocycles. The molecule has 4 heteroatoms. The van der Waals surface area contributed by atoms with Gasteiger partial charge >= 0.3 is 0 Å². The molecule has 0 saturated heterocycles. The van der Waals surface area contributed by atoms with Gasteiger partial charge in [-0.1, -0.05) is 36.4 Å². The predicted octanol–water partition coefficient (Wildman–Crippen LogP) is 2.02. The van der Waals surface area contributed by atoms with Crippen LogP contribution in [0, 0.1) is 0 Å². The van der Waals surface area contributed by atoms with Crippen molar-refractivity contribution in [1.29, 1.82) is 0 Å². The van der Waals surface area contributed by atoms with Crippen molar-refractivity contribution in [3.05, 3.63) is 54.6 Å². The van der Waals surface area contributed by atoms with E-state index in [9.17, 15) is 4.79 Å². The van der Waals surface area contributed by atoms with Crippen molar-refractivity contribution in [2.45, 2.75) is 6.42 Å². The Bertz CT molecular complexity index is 638. The molecule has 2 aromatic rings. The Balaban J connectivity index is 2.20. The zero-order chi connectivity index (χ0) is 15.1. The second-order valence-electron chi connectivity index (χ2n) is 4.68. The Kier molecular flexibility index (Phi) is 5.35.